The minimum Gasteiger partial charge on any atom is -0.477 e. The Morgan fingerprint density at radius 2 is 2.18 bits per heavy atom. The average molecular weight is 279 g/mol. The zero-order valence-electron chi connectivity index (χ0n) is 9.54. The summed E-state index contributed by atoms with van der Waals surface area (Å²) in [5.74, 6) is -0.548. The number of carbonyl (C=O) groups excluding carboxylic acids is 1. The van der Waals surface area contributed by atoms with E-state index >= 15 is 0 Å². The number of carbonyl (C=O) groups is 2. The third-order valence-electron chi connectivity index (χ3n) is 2.94. The Labute approximate surface area is 110 Å². The maximum absolute atomic E-state index is 11.6. The molecule has 17 heavy (non-hydrogen) atoms. The Morgan fingerprint density at radius 1 is 1.59 bits per heavy atom. The van der Waals surface area contributed by atoms with Crippen LogP contribution in [0.1, 0.15) is 13.8 Å². The molecule has 1 amide bonds. The number of fused-ring (bicyclic) bond motifs is 1. The van der Waals surface area contributed by atoms with Gasteiger partial charge in [0.15, 0.2) is 0 Å². The fourth-order valence-corrected chi connectivity index (χ4v) is 3.48. The maximum Gasteiger partial charge on any atom is 0.352 e. The number of nitrogens with zero attached hydrogens (tertiary/aromatic N) is 1. The molecule has 0 aromatic heterocycles. The van der Waals surface area contributed by atoms with Crippen molar-refractivity contribution < 1.29 is 14.7 Å². The summed E-state index contributed by atoms with van der Waals surface area (Å²) >= 11 is 1.54. The summed E-state index contributed by atoms with van der Waals surface area (Å²) in [7, 11) is 0. The van der Waals surface area contributed by atoms with E-state index in [0.29, 0.717) is 5.75 Å². The topological polar surface area (TPSA) is 83.6 Å². The van der Waals surface area contributed by atoms with Crippen molar-refractivity contribution in [2.75, 3.05) is 5.75 Å². The molecule has 0 radical (unpaired) electrons. The van der Waals surface area contributed by atoms with Gasteiger partial charge in [-0.15, -0.1) is 24.2 Å². The van der Waals surface area contributed by atoms with Crippen LogP contribution in [0.15, 0.2) is 11.3 Å². The number of amides is 1. The summed E-state index contributed by atoms with van der Waals surface area (Å²) in [4.78, 5) is 24.1. The molecule has 0 saturated carbocycles. The fraction of sp³-hybridized carbons (Fsp3) is 0.600. The molecule has 1 saturated heterocycles. The van der Waals surface area contributed by atoms with Crippen molar-refractivity contribution in [2.45, 2.75) is 25.3 Å². The van der Waals surface area contributed by atoms with Gasteiger partial charge in [0.2, 0.25) is 5.91 Å². The van der Waals surface area contributed by atoms with Gasteiger partial charge < -0.3 is 10.8 Å². The third-order valence-corrected chi connectivity index (χ3v) is 4.26. The van der Waals surface area contributed by atoms with Crippen LogP contribution in [-0.4, -0.2) is 39.1 Å². The molecule has 2 heterocycles. The Bertz CT molecular complexity index is 397. The molecule has 0 spiro atoms. The van der Waals surface area contributed by atoms with Crippen LogP contribution in [0.3, 0.4) is 0 Å². The number of nitrogens with two attached hydrogens (primary N) is 1. The van der Waals surface area contributed by atoms with Crippen molar-refractivity contribution >= 4 is 36.0 Å². The normalized spacial score (nSPS) is 27.5. The van der Waals surface area contributed by atoms with Gasteiger partial charge in [-0.1, -0.05) is 13.8 Å². The number of thioether (sulfide) groups is 1. The highest BCUT2D eigenvalue weighted by atomic mass is 35.5. The van der Waals surface area contributed by atoms with E-state index in [1.54, 1.807) is 11.8 Å². The zero-order valence-corrected chi connectivity index (χ0v) is 11.2. The smallest absolute Gasteiger partial charge is 0.352 e. The van der Waals surface area contributed by atoms with E-state index in [1.165, 1.54) is 4.90 Å². The molecule has 1 fully saturated rings. The van der Waals surface area contributed by atoms with Crippen molar-refractivity contribution in [1.29, 1.82) is 0 Å². The fourth-order valence-electron chi connectivity index (χ4n) is 1.98. The van der Waals surface area contributed by atoms with Gasteiger partial charge in [-0.2, -0.15) is 0 Å². The predicted octanol–water partition coefficient (Wildman–Crippen LogP) is 0.645. The first-order chi connectivity index (χ1) is 7.45. The molecule has 5 nitrogen and oxygen atoms in total. The Kier molecular flexibility index (Phi) is 4.11. The molecule has 2 aliphatic rings. The summed E-state index contributed by atoms with van der Waals surface area (Å²) in [6, 6.07) is -0.548. The molecule has 0 aliphatic carbocycles. The standard InChI is InChI=1S/C10H14N2O3S.ClH/c1-4(2)5-3-16-9-6(11)8(13)12(9)7(5)10(14)15;/h4,6,9H,3,11H2,1-2H3,(H,14,15);1H/t6?,9-;/m0./s1. The number of halogens is 1. The lowest BCUT2D eigenvalue weighted by atomic mass is 9.97. The summed E-state index contributed by atoms with van der Waals surface area (Å²) in [6.45, 7) is 3.87. The lowest BCUT2D eigenvalue weighted by Gasteiger charge is -2.48. The minimum atomic E-state index is -1.03. The van der Waals surface area contributed by atoms with Crippen LogP contribution in [0.4, 0.5) is 0 Å². The van der Waals surface area contributed by atoms with Crippen LogP contribution in [0.5, 0.6) is 0 Å². The number of carboxylic acid groups (broad SMARTS) is 1. The summed E-state index contributed by atoms with van der Waals surface area (Å²) < 4.78 is 0. The van der Waals surface area contributed by atoms with Crippen molar-refractivity contribution in [2.24, 2.45) is 11.7 Å². The second-order valence-electron chi connectivity index (χ2n) is 4.27. The molecule has 0 aromatic rings. The maximum atomic E-state index is 11.6. The number of hydrogen-bond acceptors (Lipinski definition) is 4. The molecule has 3 N–H and O–H groups in total. The Balaban J connectivity index is 0.00000144. The van der Waals surface area contributed by atoms with Crippen LogP contribution in [0.2, 0.25) is 0 Å². The highest BCUT2D eigenvalue weighted by Crippen LogP contribution is 2.41. The van der Waals surface area contributed by atoms with Gasteiger partial charge in [0.1, 0.15) is 17.1 Å². The second-order valence-corrected chi connectivity index (χ2v) is 5.37. The number of β-lactam (4-membered cyclic amide) rings is 1. The van der Waals surface area contributed by atoms with Gasteiger partial charge in [-0.25, -0.2) is 4.79 Å². The van der Waals surface area contributed by atoms with Crippen LogP contribution in [0, 0.1) is 5.92 Å². The Hall–Kier alpha value is -0.720. The highest BCUT2D eigenvalue weighted by molar-refractivity contribution is 8.00. The van der Waals surface area contributed by atoms with Gasteiger partial charge in [-0.3, -0.25) is 9.69 Å². The van der Waals surface area contributed by atoms with Gasteiger partial charge in [-0.05, 0) is 11.5 Å². The SMILES string of the molecule is CC(C)C1=C(C(=O)O)N2C(=O)C(N)[C@@H]2SC1.Cl. The largest absolute Gasteiger partial charge is 0.477 e. The quantitative estimate of drug-likeness (QED) is 0.725. The first-order valence-corrected chi connectivity index (χ1v) is 6.16. The summed E-state index contributed by atoms with van der Waals surface area (Å²) in [5.41, 5.74) is 6.59. The van der Waals surface area contributed by atoms with E-state index in [-0.39, 0.29) is 35.3 Å². The Morgan fingerprint density at radius 3 is 2.65 bits per heavy atom. The number of carboxylic acids is 1. The first-order valence-electron chi connectivity index (χ1n) is 5.11. The van der Waals surface area contributed by atoms with E-state index in [4.69, 9.17) is 5.73 Å². The molecule has 96 valence electrons. The lowest BCUT2D eigenvalue weighted by Crippen LogP contribution is -2.68. The molecule has 2 rings (SSSR count). The van der Waals surface area contributed by atoms with Crippen LogP contribution in [0.25, 0.3) is 0 Å². The van der Waals surface area contributed by atoms with E-state index in [0.717, 1.165) is 5.57 Å². The molecule has 0 aromatic carbocycles. The number of rotatable bonds is 2. The van der Waals surface area contributed by atoms with Crippen LogP contribution < -0.4 is 5.73 Å². The van der Waals surface area contributed by atoms with Crippen molar-refractivity contribution in [3.8, 4) is 0 Å². The summed E-state index contributed by atoms with van der Waals surface area (Å²) in [5, 5.41) is 8.99. The van der Waals surface area contributed by atoms with Gasteiger partial charge in [0.05, 0.1) is 0 Å². The number of aliphatic carboxylic acids is 1. The van der Waals surface area contributed by atoms with Crippen molar-refractivity contribution in [3.05, 3.63) is 11.3 Å². The van der Waals surface area contributed by atoms with Gasteiger partial charge in [0, 0.05) is 5.75 Å². The van der Waals surface area contributed by atoms with E-state index < -0.39 is 12.0 Å². The van der Waals surface area contributed by atoms with E-state index in [2.05, 4.69) is 0 Å². The molecular formula is C10H15ClN2O3S. The van der Waals surface area contributed by atoms with Crippen molar-refractivity contribution in [1.82, 2.24) is 4.90 Å². The minimum absolute atomic E-state index is 0. The van der Waals surface area contributed by atoms with Gasteiger partial charge in [0.25, 0.3) is 0 Å². The van der Waals surface area contributed by atoms with Crippen molar-refractivity contribution in [3.63, 3.8) is 0 Å². The summed E-state index contributed by atoms with van der Waals surface area (Å²) in [6.07, 6.45) is 0. The average Bonchev–Trinajstić information content (AvgIpc) is 2.25. The number of hydrogen-bond donors (Lipinski definition) is 2. The molecule has 1 unspecified atom stereocenters. The third kappa shape index (κ3) is 2.05. The molecule has 0 bridgehead atoms. The van der Waals surface area contributed by atoms with E-state index in [1.807, 2.05) is 13.8 Å². The predicted molar refractivity (Wildman–Crippen MR) is 67.8 cm³/mol. The molecular weight excluding hydrogens is 264 g/mol. The zero-order chi connectivity index (χ0) is 12.0. The molecule has 2 aliphatic heterocycles. The molecule has 7 heteroatoms. The van der Waals surface area contributed by atoms with Gasteiger partial charge >= 0.3 is 5.97 Å². The first kappa shape index (κ1) is 14.3. The van der Waals surface area contributed by atoms with Crippen LogP contribution >= 0.6 is 24.2 Å². The molecule has 2 atom stereocenters. The van der Waals surface area contributed by atoms with Crippen LogP contribution in [-0.2, 0) is 9.59 Å². The monoisotopic (exact) mass is 278 g/mol. The highest BCUT2D eigenvalue weighted by Gasteiger charge is 2.51. The lowest BCUT2D eigenvalue weighted by molar-refractivity contribution is -0.148. The van der Waals surface area contributed by atoms with E-state index in [9.17, 15) is 14.7 Å². The second kappa shape index (κ2) is 4.88.